The molecule has 1 aliphatic heterocycles. The van der Waals surface area contributed by atoms with Crippen LogP contribution in [0.2, 0.25) is 0 Å². The summed E-state index contributed by atoms with van der Waals surface area (Å²) in [6, 6.07) is 11.4. The fourth-order valence-corrected chi connectivity index (χ4v) is 2.35. The third kappa shape index (κ3) is 2.85. The van der Waals surface area contributed by atoms with Gasteiger partial charge in [0.25, 0.3) is 5.69 Å². The Balaban J connectivity index is 2.07. The van der Waals surface area contributed by atoms with Gasteiger partial charge in [-0.25, -0.2) is 0 Å². The van der Waals surface area contributed by atoms with Crippen LogP contribution in [-0.4, -0.2) is 18.8 Å². The molecule has 0 aromatic heterocycles. The number of nitriles is 1. The number of fused-ring (bicyclic) bond motifs is 1. The van der Waals surface area contributed by atoms with Crippen molar-refractivity contribution in [2.24, 2.45) is 0 Å². The molecule has 7 nitrogen and oxygen atoms in total. The molecular weight excluding hydrogens is 312 g/mol. The van der Waals surface area contributed by atoms with E-state index in [0.717, 1.165) is 0 Å². The molecule has 0 radical (unpaired) electrons. The Morgan fingerprint density at radius 1 is 1.33 bits per heavy atom. The lowest BCUT2D eigenvalue weighted by atomic mass is 10.0. The molecule has 0 fully saturated rings. The van der Waals surface area contributed by atoms with Crippen molar-refractivity contribution in [2.75, 3.05) is 13.9 Å². The smallest absolute Gasteiger partial charge is 0.270 e. The molecule has 7 heteroatoms. The van der Waals surface area contributed by atoms with Crippen molar-refractivity contribution in [3.63, 3.8) is 0 Å². The van der Waals surface area contributed by atoms with Crippen LogP contribution in [-0.2, 0) is 0 Å². The zero-order valence-corrected chi connectivity index (χ0v) is 12.7. The highest BCUT2D eigenvalue weighted by Crippen LogP contribution is 2.39. The number of methoxy groups -OCH3 is 1. The second kappa shape index (κ2) is 6.30. The van der Waals surface area contributed by atoms with Crippen LogP contribution >= 0.6 is 0 Å². The highest BCUT2D eigenvalue weighted by molar-refractivity contribution is 5.91. The van der Waals surface area contributed by atoms with Crippen LogP contribution < -0.4 is 14.2 Å². The van der Waals surface area contributed by atoms with Gasteiger partial charge in [-0.1, -0.05) is 12.1 Å². The number of rotatable bonds is 4. The minimum absolute atomic E-state index is 0.0775. The average Bonchev–Trinajstić information content (AvgIpc) is 3.06. The van der Waals surface area contributed by atoms with Gasteiger partial charge in [-0.3, -0.25) is 10.1 Å². The van der Waals surface area contributed by atoms with E-state index in [1.807, 2.05) is 0 Å². The lowest BCUT2D eigenvalue weighted by Gasteiger charge is -2.07. The van der Waals surface area contributed by atoms with Crippen LogP contribution in [0.1, 0.15) is 11.1 Å². The SMILES string of the molecule is COc1cc2c(cc1/C=C(/C#N)c1cccc([N+](=O)[O-])c1)OCO2. The molecule has 0 N–H and O–H groups in total. The van der Waals surface area contributed by atoms with Gasteiger partial charge in [0.2, 0.25) is 6.79 Å². The number of hydrogen-bond acceptors (Lipinski definition) is 6. The van der Waals surface area contributed by atoms with Gasteiger partial charge in [0, 0.05) is 23.8 Å². The van der Waals surface area contributed by atoms with Gasteiger partial charge in [-0.15, -0.1) is 0 Å². The van der Waals surface area contributed by atoms with Crippen molar-refractivity contribution < 1.29 is 19.1 Å². The van der Waals surface area contributed by atoms with Crippen molar-refractivity contribution >= 4 is 17.3 Å². The summed E-state index contributed by atoms with van der Waals surface area (Å²) in [4.78, 5) is 10.4. The molecule has 120 valence electrons. The Morgan fingerprint density at radius 3 is 2.75 bits per heavy atom. The van der Waals surface area contributed by atoms with E-state index in [2.05, 4.69) is 6.07 Å². The van der Waals surface area contributed by atoms with Gasteiger partial charge < -0.3 is 14.2 Å². The first-order chi connectivity index (χ1) is 11.6. The molecule has 0 unspecified atom stereocenters. The number of ether oxygens (including phenoxy) is 3. The Morgan fingerprint density at radius 2 is 2.08 bits per heavy atom. The van der Waals surface area contributed by atoms with Crippen LogP contribution in [0, 0.1) is 21.4 Å². The average molecular weight is 324 g/mol. The Kier molecular flexibility index (Phi) is 4.03. The maximum absolute atomic E-state index is 10.9. The Labute approximate surface area is 137 Å². The monoisotopic (exact) mass is 324 g/mol. The van der Waals surface area contributed by atoms with Crippen molar-refractivity contribution in [1.29, 1.82) is 5.26 Å². The first-order valence-corrected chi connectivity index (χ1v) is 6.96. The summed E-state index contributed by atoms with van der Waals surface area (Å²) in [5, 5.41) is 20.3. The second-order valence-corrected chi connectivity index (χ2v) is 4.92. The molecule has 24 heavy (non-hydrogen) atoms. The number of nitro groups is 1. The highest BCUT2D eigenvalue weighted by atomic mass is 16.7. The van der Waals surface area contributed by atoms with Gasteiger partial charge in [0.15, 0.2) is 11.5 Å². The molecule has 2 aromatic carbocycles. The standard InChI is InChI=1S/C17H12N2O5/c1-22-15-8-17-16(23-10-24-17)7-12(15)5-13(9-18)11-3-2-4-14(6-11)19(20)21/h2-8H,10H2,1H3/b13-5-. The third-order valence-electron chi connectivity index (χ3n) is 3.51. The third-order valence-corrected chi connectivity index (χ3v) is 3.51. The van der Waals surface area contributed by atoms with E-state index < -0.39 is 4.92 Å². The summed E-state index contributed by atoms with van der Waals surface area (Å²) >= 11 is 0. The van der Waals surface area contributed by atoms with Crippen molar-refractivity contribution in [1.82, 2.24) is 0 Å². The highest BCUT2D eigenvalue weighted by Gasteiger charge is 2.18. The Bertz CT molecular complexity index is 883. The second-order valence-electron chi connectivity index (χ2n) is 4.92. The summed E-state index contributed by atoms with van der Waals surface area (Å²) < 4.78 is 15.9. The summed E-state index contributed by atoms with van der Waals surface area (Å²) in [5.41, 5.74) is 1.26. The lowest BCUT2D eigenvalue weighted by Crippen LogP contribution is -1.92. The molecule has 0 spiro atoms. The van der Waals surface area contributed by atoms with E-state index in [4.69, 9.17) is 14.2 Å². The first kappa shape index (κ1) is 15.4. The van der Waals surface area contributed by atoms with Crippen LogP contribution in [0.4, 0.5) is 5.69 Å². The molecule has 0 bridgehead atoms. The van der Waals surface area contributed by atoms with E-state index in [9.17, 15) is 15.4 Å². The van der Waals surface area contributed by atoms with Crippen molar-refractivity contribution in [3.8, 4) is 23.3 Å². The van der Waals surface area contributed by atoms with E-state index in [-0.39, 0.29) is 18.1 Å². The van der Waals surface area contributed by atoms with E-state index in [1.165, 1.54) is 25.3 Å². The van der Waals surface area contributed by atoms with Crippen molar-refractivity contribution in [2.45, 2.75) is 0 Å². The molecule has 3 rings (SSSR count). The summed E-state index contributed by atoms with van der Waals surface area (Å²) in [5.74, 6) is 1.63. The molecule has 0 amide bonds. The number of benzene rings is 2. The van der Waals surface area contributed by atoms with Crippen LogP contribution in [0.15, 0.2) is 36.4 Å². The van der Waals surface area contributed by atoms with Gasteiger partial charge in [-0.05, 0) is 17.7 Å². The first-order valence-electron chi connectivity index (χ1n) is 6.96. The molecule has 1 heterocycles. The van der Waals surface area contributed by atoms with E-state index in [0.29, 0.717) is 28.4 Å². The largest absolute Gasteiger partial charge is 0.496 e. The minimum atomic E-state index is -0.500. The predicted octanol–water partition coefficient (Wildman–Crippen LogP) is 3.40. The molecule has 0 saturated carbocycles. The zero-order valence-electron chi connectivity index (χ0n) is 12.7. The zero-order chi connectivity index (χ0) is 17.1. The Hall–Kier alpha value is -3.53. The molecule has 2 aromatic rings. The van der Waals surface area contributed by atoms with Gasteiger partial charge >= 0.3 is 0 Å². The number of nitrogens with zero attached hydrogens (tertiary/aromatic N) is 2. The molecule has 0 saturated heterocycles. The lowest BCUT2D eigenvalue weighted by molar-refractivity contribution is -0.384. The van der Waals surface area contributed by atoms with E-state index >= 15 is 0 Å². The van der Waals surface area contributed by atoms with Gasteiger partial charge in [0.1, 0.15) is 5.75 Å². The number of nitro benzene ring substituents is 1. The summed E-state index contributed by atoms with van der Waals surface area (Å²) in [6.07, 6.45) is 1.60. The number of non-ortho nitro benzene ring substituents is 1. The fourth-order valence-electron chi connectivity index (χ4n) is 2.35. The molecule has 0 atom stereocenters. The van der Waals surface area contributed by atoms with Crippen LogP contribution in [0.3, 0.4) is 0 Å². The predicted molar refractivity (Wildman–Crippen MR) is 85.7 cm³/mol. The maximum atomic E-state index is 10.9. The molecule has 0 aliphatic carbocycles. The fraction of sp³-hybridized carbons (Fsp3) is 0.118. The molecular formula is C17H12N2O5. The van der Waals surface area contributed by atoms with Crippen LogP contribution in [0.25, 0.3) is 11.6 Å². The summed E-state index contributed by atoms with van der Waals surface area (Å²) in [6.45, 7) is 0.127. The van der Waals surface area contributed by atoms with Crippen LogP contribution in [0.5, 0.6) is 17.2 Å². The van der Waals surface area contributed by atoms with Crippen molar-refractivity contribution in [3.05, 3.63) is 57.6 Å². The topological polar surface area (TPSA) is 94.6 Å². The normalized spacial score (nSPS) is 12.6. The number of hydrogen-bond donors (Lipinski definition) is 0. The molecule has 1 aliphatic rings. The number of allylic oxidation sites excluding steroid dienone is 1. The minimum Gasteiger partial charge on any atom is -0.496 e. The van der Waals surface area contributed by atoms with Gasteiger partial charge in [0.05, 0.1) is 23.7 Å². The maximum Gasteiger partial charge on any atom is 0.270 e. The summed E-state index contributed by atoms with van der Waals surface area (Å²) in [7, 11) is 1.51. The van der Waals surface area contributed by atoms with Gasteiger partial charge in [-0.2, -0.15) is 5.26 Å². The quantitative estimate of drug-likeness (QED) is 0.370. The van der Waals surface area contributed by atoms with E-state index in [1.54, 1.807) is 24.3 Å².